The number of nitriles is 1. The fourth-order valence-corrected chi connectivity index (χ4v) is 2.21. The van der Waals surface area contributed by atoms with Crippen molar-refractivity contribution >= 4 is 5.57 Å². The van der Waals surface area contributed by atoms with Crippen LogP contribution in [0.1, 0.15) is 23.1 Å². The second-order valence-corrected chi connectivity index (χ2v) is 5.01. The summed E-state index contributed by atoms with van der Waals surface area (Å²) >= 11 is 0. The molecule has 0 bridgehead atoms. The SMILES string of the molecule is C=C(CC(F)(F)c1cc(F)ccc1C#N)c1ccc(OC)cc1. The van der Waals surface area contributed by atoms with E-state index in [9.17, 15) is 13.2 Å². The molecule has 0 N–H and O–H groups in total. The van der Waals surface area contributed by atoms with E-state index in [1.165, 1.54) is 7.11 Å². The maximum atomic E-state index is 14.5. The van der Waals surface area contributed by atoms with Gasteiger partial charge in [0.1, 0.15) is 11.6 Å². The summed E-state index contributed by atoms with van der Waals surface area (Å²) < 4.78 is 47.2. The van der Waals surface area contributed by atoms with Gasteiger partial charge in [0, 0.05) is 12.0 Å². The Kier molecular flexibility index (Phi) is 4.75. The van der Waals surface area contributed by atoms with Crippen LogP contribution in [0, 0.1) is 17.1 Å². The molecule has 0 aliphatic heterocycles. The summed E-state index contributed by atoms with van der Waals surface area (Å²) in [6, 6.07) is 10.9. The number of allylic oxidation sites excluding steroid dienone is 1. The van der Waals surface area contributed by atoms with Crippen molar-refractivity contribution in [3.05, 3.63) is 71.6 Å². The number of benzene rings is 2. The molecule has 23 heavy (non-hydrogen) atoms. The van der Waals surface area contributed by atoms with E-state index < -0.39 is 23.7 Å². The molecule has 2 nitrogen and oxygen atoms in total. The molecule has 5 heteroatoms. The molecule has 0 fully saturated rings. The van der Waals surface area contributed by atoms with Crippen molar-refractivity contribution in [2.75, 3.05) is 7.11 Å². The first-order valence-electron chi connectivity index (χ1n) is 6.77. The van der Waals surface area contributed by atoms with Gasteiger partial charge in [0.15, 0.2) is 0 Å². The normalized spacial score (nSPS) is 10.9. The van der Waals surface area contributed by atoms with E-state index in [1.54, 1.807) is 30.3 Å². The van der Waals surface area contributed by atoms with Gasteiger partial charge < -0.3 is 4.74 Å². The molecule has 0 aliphatic rings. The van der Waals surface area contributed by atoms with E-state index in [0.717, 1.165) is 12.1 Å². The quantitative estimate of drug-likeness (QED) is 0.785. The van der Waals surface area contributed by atoms with Crippen molar-refractivity contribution in [3.63, 3.8) is 0 Å². The number of alkyl halides is 2. The minimum absolute atomic E-state index is 0.186. The highest BCUT2D eigenvalue weighted by atomic mass is 19.3. The summed E-state index contributed by atoms with van der Waals surface area (Å²) in [7, 11) is 1.51. The number of hydrogen-bond donors (Lipinski definition) is 0. The van der Waals surface area contributed by atoms with Crippen LogP contribution in [-0.2, 0) is 5.92 Å². The van der Waals surface area contributed by atoms with Gasteiger partial charge in [-0.1, -0.05) is 18.7 Å². The molecule has 0 aromatic heterocycles. The van der Waals surface area contributed by atoms with Crippen molar-refractivity contribution < 1.29 is 17.9 Å². The lowest BCUT2D eigenvalue weighted by molar-refractivity contribution is 0.00107. The maximum Gasteiger partial charge on any atom is 0.278 e. The first-order valence-corrected chi connectivity index (χ1v) is 6.77. The molecule has 0 radical (unpaired) electrons. The van der Waals surface area contributed by atoms with Gasteiger partial charge in [-0.2, -0.15) is 5.26 Å². The predicted molar refractivity (Wildman–Crippen MR) is 81.7 cm³/mol. The second-order valence-electron chi connectivity index (χ2n) is 5.01. The van der Waals surface area contributed by atoms with Gasteiger partial charge in [-0.15, -0.1) is 0 Å². The van der Waals surface area contributed by atoms with Crippen LogP contribution >= 0.6 is 0 Å². The minimum atomic E-state index is -3.40. The summed E-state index contributed by atoms with van der Waals surface area (Å²) in [5.74, 6) is -3.61. The van der Waals surface area contributed by atoms with E-state index in [1.807, 2.05) is 0 Å². The van der Waals surface area contributed by atoms with Crippen LogP contribution in [-0.4, -0.2) is 7.11 Å². The lowest BCUT2D eigenvalue weighted by atomic mass is 9.94. The molecular formula is C18H14F3NO. The Labute approximate surface area is 132 Å². The Morgan fingerprint density at radius 1 is 1.22 bits per heavy atom. The highest BCUT2D eigenvalue weighted by Crippen LogP contribution is 2.39. The van der Waals surface area contributed by atoms with Crippen LogP contribution in [0.3, 0.4) is 0 Å². The summed E-state index contributed by atoms with van der Waals surface area (Å²) in [5, 5.41) is 8.94. The number of methoxy groups -OCH3 is 1. The first-order chi connectivity index (χ1) is 10.9. The Hall–Kier alpha value is -2.74. The molecular weight excluding hydrogens is 303 g/mol. The highest BCUT2D eigenvalue weighted by Gasteiger charge is 2.35. The average molecular weight is 317 g/mol. The summed E-state index contributed by atoms with van der Waals surface area (Å²) in [4.78, 5) is 0. The van der Waals surface area contributed by atoms with Gasteiger partial charge in [-0.3, -0.25) is 0 Å². The molecule has 0 heterocycles. The minimum Gasteiger partial charge on any atom is -0.497 e. The van der Waals surface area contributed by atoms with Crippen LogP contribution < -0.4 is 4.74 Å². The fraction of sp³-hybridized carbons (Fsp3) is 0.167. The Bertz CT molecular complexity index is 761. The average Bonchev–Trinajstić information content (AvgIpc) is 2.54. The van der Waals surface area contributed by atoms with E-state index >= 15 is 0 Å². The molecule has 0 saturated carbocycles. The summed E-state index contributed by atoms with van der Waals surface area (Å²) in [6.45, 7) is 3.67. The zero-order chi connectivity index (χ0) is 17.0. The van der Waals surface area contributed by atoms with Crippen LogP contribution in [0.25, 0.3) is 5.57 Å². The molecule has 0 spiro atoms. The Balaban J connectivity index is 2.28. The van der Waals surface area contributed by atoms with Gasteiger partial charge in [0.2, 0.25) is 0 Å². The van der Waals surface area contributed by atoms with E-state index in [2.05, 4.69) is 6.58 Å². The molecule has 0 unspecified atom stereocenters. The third-order valence-electron chi connectivity index (χ3n) is 3.43. The van der Waals surface area contributed by atoms with E-state index in [4.69, 9.17) is 10.00 Å². The lowest BCUT2D eigenvalue weighted by Crippen LogP contribution is -2.16. The topological polar surface area (TPSA) is 33.0 Å². The predicted octanol–water partition coefficient (Wildman–Crippen LogP) is 4.90. The van der Waals surface area contributed by atoms with Crippen molar-refractivity contribution in [2.24, 2.45) is 0 Å². The van der Waals surface area contributed by atoms with Gasteiger partial charge in [0.05, 0.1) is 18.7 Å². The van der Waals surface area contributed by atoms with E-state index in [-0.39, 0.29) is 11.1 Å². The molecule has 0 atom stereocenters. The molecule has 0 amide bonds. The monoisotopic (exact) mass is 317 g/mol. The fourth-order valence-electron chi connectivity index (χ4n) is 2.21. The zero-order valence-electron chi connectivity index (χ0n) is 12.4. The number of halogens is 3. The smallest absolute Gasteiger partial charge is 0.278 e. The lowest BCUT2D eigenvalue weighted by Gasteiger charge is -2.19. The molecule has 2 aromatic carbocycles. The van der Waals surface area contributed by atoms with Crippen molar-refractivity contribution in [1.29, 1.82) is 5.26 Å². The van der Waals surface area contributed by atoms with Gasteiger partial charge in [-0.25, -0.2) is 13.2 Å². The molecule has 2 rings (SSSR count). The van der Waals surface area contributed by atoms with Crippen molar-refractivity contribution in [1.82, 2.24) is 0 Å². The number of rotatable bonds is 5. The Morgan fingerprint density at radius 3 is 2.43 bits per heavy atom. The summed E-state index contributed by atoms with van der Waals surface area (Å²) in [5.41, 5.74) is -0.167. The molecule has 0 saturated heterocycles. The molecule has 118 valence electrons. The summed E-state index contributed by atoms with van der Waals surface area (Å²) in [6.07, 6.45) is -0.711. The van der Waals surface area contributed by atoms with Crippen LogP contribution in [0.5, 0.6) is 5.75 Å². The van der Waals surface area contributed by atoms with Crippen molar-refractivity contribution in [2.45, 2.75) is 12.3 Å². The maximum absolute atomic E-state index is 14.5. The largest absolute Gasteiger partial charge is 0.497 e. The molecule has 0 aliphatic carbocycles. The van der Waals surface area contributed by atoms with Gasteiger partial charge >= 0.3 is 0 Å². The number of nitrogens with zero attached hydrogens (tertiary/aromatic N) is 1. The zero-order valence-corrected chi connectivity index (χ0v) is 12.4. The number of hydrogen-bond acceptors (Lipinski definition) is 2. The third-order valence-corrected chi connectivity index (χ3v) is 3.43. The Morgan fingerprint density at radius 2 is 1.87 bits per heavy atom. The van der Waals surface area contributed by atoms with E-state index in [0.29, 0.717) is 17.4 Å². The number of ether oxygens (including phenoxy) is 1. The van der Waals surface area contributed by atoms with Crippen LogP contribution in [0.4, 0.5) is 13.2 Å². The van der Waals surface area contributed by atoms with Crippen molar-refractivity contribution in [3.8, 4) is 11.8 Å². The molecule has 2 aromatic rings. The third kappa shape index (κ3) is 3.72. The second kappa shape index (κ2) is 6.57. The first kappa shape index (κ1) is 16.6. The van der Waals surface area contributed by atoms with Gasteiger partial charge in [0.25, 0.3) is 5.92 Å². The van der Waals surface area contributed by atoms with Gasteiger partial charge in [-0.05, 0) is 41.5 Å². The van der Waals surface area contributed by atoms with Crippen LogP contribution in [0.2, 0.25) is 0 Å². The van der Waals surface area contributed by atoms with Crippen LogP contribution in [0.15, 0.2) is 49.0 Å². The standard InChI is InChI=1S/C18H14F3NO/c1-12(13-4-7-16(23-2)8-5-13)10-18(20,21)17-9-15(19)6-3-14(17)11-22/h3-9H,1,10H2,2H3. The highest BCUT2D eigenvalue weighted by molar-refractivity contribution is 5.65.